The Morgan fingerprint density at radius 3 is 2.16 bits per heavy atom. The van der Waals surface area contributed by atoms with E-state index in [1.807, 2.05) is 0 Å². The van der Waals surface area contributed by atoms with Crippen LogP contribution in [0.2, 0.25) is 10.0 Å². The van der Waals surface area contributed by atoms with E-state index < -0.39 is 10.0 Å². The Morgan fingerprint density at radius 2 is 1.58 bits per heavy atom. The average molecular weight is 486 g/mol. The molecule has 0 atom stereocenters. The summed E-state index contributed by atoms with van der Waals surface area (Å²) in [6, 6.07) is 11.3. The van der Waals surface area contributed by atoms with E-state index in [2.05, 4.69) is 10.6 Å². The SMILES string of the molecule is CC(=O)NCCCCNC(=O)c1ccc(N(Cc2cccc(Cl)c2Cl)S(C)(=O)=O)cc1. The van der Waals surface area contributed by atoms with Crippen molar-refractivity contribution in [1.29, 1.82) is 0 Å². The molecule has 0 unspecified atom stereocenters. The van der Waals surface area contributed by atoms with E-state index in [1.54, 1.807) is 42.5 Å². The predicted octanol–water partition coefficient (Wildman–Crippen LogP) is 3.61. The normalized spacial score (nSPS) is 11.1. The highest BCUT2D eigenvalue weighted by Gasteiger charge is 2.20. The summed E-state index contributed by atoms with van der Waals surface area (Å²) in [5.74, 6) is -0.334. The van der Waals surface area contributed by atoms with Gasteiger partial charge in [0, 0.05) is 25.6 Å². The Hall–Kier alpha value is -2.29. The minimum Gasteiger partial charge on any atom is -0.356 e. The van der Waals surface area contributed by atoms with Crippen molar-refractivity contribution in [2.24, 2.45) is 0 Å². The lowest BCUT2D eigenvalue weighted by molar-refractivity contribution is -0.118. The number of rotatable bonds is 10. The molecule has 168 valence electrons. The Balaban J connectivity index is 2.04. The number of hydrogen-bond donors (Lipinski definition) is 2. The molecule has 2 aromatic carbocycles. The molecule has 0 heterocycles. The zero-order valence-corrected chi connectivity index (χ0v) is 19.6. The third-order valence-corrected chi connectivity index (χ3v) is 6.43. The van der Waals surface area contributed by atoms with Crippen molar-refractivity contribution in [3.05, 3.63) is 63.6 Å². The van der Waals surface area contributed by atoms with Gasteiger partial charge in [0.25, 0.3) is 5.91 Å². The van der Waals surface area contributed by atoms with Gasteiger partial charge in [-0.05, 0) is 48.7 Å². The van der Waals surface area contributed by atoms with Crippen LogP contribution in [0.25, 0.3) is 0 Å². The average Bonchev–Trinajstić information content (AvgIpc) is 2.70. The maximum absolute atomic E-state index is 12.4. The van der Waals surface area contributed by atoms with Crippen LogP contribution in [0.1, 0.15) is 35.7 Å². The van der Waals surface area contributed by atoms with Crippen molar-refractivity contribution in [1.82, 2.24) is 10.6 Å². The Labute approximate surface area is 192 Å². The van der Waals surface area contributed by atoms with Gasteiger partial charge in [-0.1, -0.05) is 35.3 Å². The first-order chi connectivity index (χ1) is 14.6. The Kier molecular flexibility index (Phi) is 9.15. The maximum Gasteiger partial charge on any atom is 0.251 e. The first-order valence-corrected chi connectivity index (χ1v) is 12.2. The summed E-state index contributed by atoms with van der Waals surface area (Å²) >= 11 is 12.2. The summed E-state index contributed by atoms with van der Waals surface area (Å²) in [5, 5.41) is 6.14. The fourth-order valence-corrected chi connectivity index (χ4v) is 4.08. The highest BCUT2D eigenvalue weighted by Crippen LogP contribution is 2.29. The van der Waals surface area contributed by atoms with Crippen LogP contribution in [0, 0.1) is 0 Å². The fraction of sp³-hybridized carbons (Fsp3) is 0.333. The first-order valence-electron chi connectivity index (χ1n) is 9.63. The first kappa shape index (κ1) is 25.0. The summed E-state index contributed by atoms with van der Waals surface area (Å²) in [4.78, 5) is 23.1. The van der Waals surface area contributed by atoms with Crippen molar-refractivity contribution in [2.45, 2.75) is 26.3 Å². The molecule has 0 aliphatic carbocycles. The van der Waals surface area contributed by atoms with Crippen LogP contribution in [-0.4, -0.2) is 39.6 Å². The van der Waals surface area contributed by atoms with Gasteiger partial charge in [-0.3, -0.25) is 13.9 Å². The number of hydrogen-bond acceptors (Lipinski definition) is 4. The van der Waals surface area contributed by atoms with E-state index >= 15 is 0 Å². The van der Waals surface area contributed by atoms with Gasteiger partial charge in [0.05, 0.1) is 28.5 Å². The summed E-state index contributed by atoms with van der Waals surface area (Å²) in [7, 11) is -3.61. The summed E-state index contributed by atoms with van der Waals surface area (Å²) in [5.41, 5.74) is 1.39. The maximum atomic E-state index is 12.4. The molecule has 0 spiro atoms. The summed E-state index contributed by atoms with van der Waals surface area (Å²) in [6.45, 7) is 2.51. The van der Waals surface area contributed by atoms with Crippen molar-refractivity contribution in [2.75, 3.05) is 23.7 Å². The lowest BCUT2D eigenvalue weighted by Gasteiger charge is -2.23. The van der Waals surface area contributed by atoms with Crippen LogP contribution in [0.4, 0.5) is 5.69 Å². The van der Waals surface area contributed by atoms with E-state index in [0.29, 0.717) is 39.9 Å². The molecule has 2 amide bonds. The van der Waals surface area contributed by atoms with Gasteiger partial charge < -0.3 is 10.6 Å². The third-order valence-electron chi connectivity index (χ3n) is 4.43. The van der Waals surface area contributed by atoms with Gasteiger partial charge in [0.1, 0.15) is 0 Å². The number of nitrogens with zero attached hydrogens (tertiary/aromatic N) is 1. The highest BCUT2D eigenvalue weighted by atomic mass is 35.5. The predicted molar refractivity (Wildman–Crippen MR) is 124 cm³/mol. The van der Waals surface area contributed by atoms with E-state index in [9.17, 15) is 18.0 Å². The van der Waals surface area contributed by atoms with Crippen LogP contribution in [0.5, 0.6) is 0 Å². The van der Waals surface area contributed by atoms with Crippen LogP contribution >= 0.6 is 23.2 Å². The minimum absolute atomic E-state index is 0.0120. The minimum atomic E-state index is -3.61. The van der Waals surface area contributed by atoms with Gasteiger partial charge in [-0.2, -0.15) is 0 Å². The zero-order chi connectivity index (χ0) is 23.0. The molecule has 0 aliphatic rings. The zero-order valence-electron chi connectivity index (χ0n) is 17.3. The van der Waals surface area contributed by atoms with E-state index in [0.717, 1.165) is 19.1 Å². The molecule has 0 fully saturated rings. The standard InChI is InChI=1S/C21H25Cl2N3O4S/c1-15(27)24-12-3-4-13-25-21(28)16-8-10-18(11-9-16)26(31(2,29)30)14-17-6-5-7-19(22)20(17)23/h5-11H,3-4,12-14H2,1-2H3,(H,24,27)(H,25,28). The van der Waals surface area contributed by atoms with E-state index in [-0.39, 0.29) is 18.4 Å². The molecule has 10 heteroatoms. The van der Waals surface area contributed by atoms with Gasteiger partial charge >= 0.3 is 0 Å². The van der Waals surface area contributed by atoms with E-state index in [1.165, 1.54) is 11.2 Å². The third kappa shape index (κ3) is 7.72. The number of halogens is 2. The molecule has 0 saturated heterocycles. The summed E-state index contributed by atoms with van der Waals surface area (Å²) < 4.78 is 25.9. The number of amides is 2. The number of anilines is 1. The number of carbonyl (C=O) groups is 2. The monoisotopic (exact) mass is 485 g/mol. The molecule has 0 bridgehead atoms. The van der Waals surface area contributed by atoms with Crippen LogP contribution in [0.15, 0.2) is 42.5 Å². The Bertz CT molecular complexity index is 1030. The Morgan fingerprint density at radius 1 is 0.968 bits per heavy atom. The van der Waals surface area contributed by atoms with Crippen LogP contribution in [0.3, 0.4) is 0 Å². The van der Waals surface area contributed by atoms with Crippen LogP contribution in [-0.2, 0) is 21.4 Å². The molecule has 0 aromatic heterocycles. The van der Waals surface area contributed by atoms with Gasteiger partial charge in [-0.25, -0.2) is 8.42 Å². The topological polar surface area (TPSA) is 95.6 Å². The molecular weight excluding hydrogens is 461 g/mol. The lowest BCUT2D eigenvalue weighted by atomic mass is 10.1. The molecule has 7 nitrogen and oxygen atoms in total. The summed E-state index contributed by atoms with van der Waals surface area (Å²) in [6.07, 6.45) is 2.59. The second kappa shape index (κ2) is 11.4. The molecular formula is C21H25Cl2N3O4S. The molecule has 31 heavy (non-hydrogen) atoms. The smallest absolute Gasteiger partial charge is 0.251 e. The number of sulfonamides is 1. The number of unbranched alkanes of at least 4 members (excludes halogenated alkanes) is 1. The molecule has 0 radical (unpaired) electrons. The molecule has 2 N–H and O–H groups in total. The molecule has 2 rings (SSSR count). The number of carbonyl (C=O) groups excluding carboxylic acids is 2. The van der Waals surface area contributed by atoms with Gasteiger partial charge in [0.2, 0.25) is 15.9 Å². The highest BCUT2D eigenvalue weighted by molar-refractivity contribution is 7.92. The van der Waals surface area contributed by atoms with Crippen molar-refractivity contribution < 1.29 is 18.0 Å². The van der Waals surface area contributed by atoms with Crippen LogP contribution < -0.4 is 14.9 Å². The van der Waals surface area contributed by atoms with Crippen molar-refractivity contribution >= 4 is 50.7 Å². The van der Waals surface area contributed by atoms with E-state index in [4.69, 9.17) is 23.2 Å². The number of nitrogens with one attached hydrogen (secondary N) is 2. The van der Waals surface area contributed by atoms with Gasteiger partial charge in [0.15, 0.2) is 0 Å². The molecule has 2 aromatic rings. The lowest BCUT2D eigenvalue weighted by Crippen LogP contribution is -2.29. The second-order valence-electron chi connectivity index (χ2n) is 6.98. The number of benzene rings is 2. The second-order valence-corrected chi connectivity index (χ2v) is 9.67. The largest absolute Gasteiger partial charge is 0.356 e. The van der Waals surface area contributed by atoms with Gasteiger partial charge in [-0.15, -0.1) is 0 Å². The molecule has 0 aliphatic heterocycles. The van der Waals surface area contributed by atoms with Crippen molar-refractivity contribution in [3.8, 4) is 0 Å². The quantitative estimate of drug-likeness (QED) is 0.502. The fourth-order valence-electron chi connectivity index (χ4n) is 2.82. The molecule has 0 saturated carbocycles. The van der Waals surface area contributed by atoms with Crippen molar-refractivity contribution in [3.63, 3.8) is 0 Å².